The first kappa shape index (κ1) is 23.3. The minimum Gasteiger partial charge on any atom is -0.482 e. The predicted octanol–water partition coefficient (Wildman–Crippen LogP) is 5.38. The molecule has 1 unspecified atom stereocenters. The third-order valence-corrected chi connectivity index (χ3v) is 6.17. The maximum absolute atomic E-state index is 12.3. The lowest BCUT2D eigenvalue weighted by Crippen LogP contribution is -2.17. The van der Waals surface area contributed by atoms with Gasteiger partial charge in [-0.1, -0.05) is 57.7 Å². The molecule has 1 N–H and O–H groups in total. The molecule has 3 rings (SSSR count). The summed E-state index contributed by atoms with van der Waals surface area (Å²) in [4.78, 5) is 16.3. The highest BCUT2D eigenvalue weighted by Gasteiger charge is 2.22. The number of rotatable bonds is 10. The summed E-state index contributed by atoms with van der Waals surface area (Å²) < 4.78 is 8.37. The van der Waals surface area contributed by atoms with Gasteiger partial charge in [-0.05, 0) is 30.4 Å². The lowest BCUT2D eigenvalue weighted by atomic mass is 10.0. The summed E-state index contributed by atoms with van der Waals surface area (Å²) in [5.41, 5.74) is 1.16. The van der Waals surface area contributed by atoms with Gasteiger partial charge in [-0.25, -0.2) is 4.98 Å². The number of nitrogens with one attached hydrogen (secondary N) is 1. The SMILES string of the molecule is CC(C)Cn1c(SCC(=O)Nc2nccs2)nnc1C(C)Oc1ccccc1C(C)C. The van der Waals surface area contributed by atoms with Gasteiger partial charge in [0.15, 0.2) is 22.2 Å². The fourth-order valence-electron chi connectivity index (χ4n) is 3.12. The van der Waals surface area contributed by atoms with Gasteiger partial charge in [-0.15, -0.1) is 21.5 Å². The molecule has 0 spiro atoms. The van der Waals surface area contributed by atoms with Gasteiger partial charge in [0.05, 0.1) is 5.75 Å². The van der Waals surface area contributed by atoms with Crippen LogP contribution in [0.25, 0.3) is 0 Å². The highest BCUT2D eigenvalue weighted by molar-refractivity contribution is 7.99. The minimum absolute atomic E-state index is 0.115. The van der Waals surface area contributed by atoms with E-state index >= 15 is 0 Å². The second-order valence-corrected chi connectivity index (χ2v) is 9.81. The molecule has 166 valence electrons. The maximum atomic E-state index is 12.3. The van der Waals surface area contributed by atoms with Crippen molar-refractivity contribution in [3.05, 3.63) is 47.2 Å². The van der Waals surface area contributed by atoms with Gasteiger partial charge in [-0.2, -0.15) is 0 Å². The van der Waals surface area contributed by atoms with Gasteiger partial charge in [0.1, 0.15) is 5.75 Å². The zero-order chi connectivity index (χ0) is 22.4. The van der Waals surface area contributed by atoms with Gasteiger partial charge in [-0.3, -0.25) is 4.79 Å². The van der Waals surface area contributed by atoms with E-state index in [-0.39, 0.29) is 17.8 Å². The van der Waals surface area contributed by atoms with Gasteiger partial charge in [0.25, 0.3) is 0 Å². The number of thiazole rings is 1. The lowest BCUT2D eigenvalue weighted by Gasteiger charge is -2.20. The molecule has 2 heterocycles. The first-order valence-corrected chi connectivity index (χ1v) is 12.2. The van der Waals surface area contributed by atoms with Crippen LogP contribution in [-0.2, 0) is 11.3 Å². The third kappa shape index (κ3) is 6.30. The van der Waals surface area contributed by atoms with Crippen molar-refractivity contribution in [1.82, 2.24) is 19.7 Å². The molecule has 0 saturated carbocycles. The molecule has 2 aromatic heterocycles. The van der Waals surface area contributed by atoms with Crippen molar-refractivity contribution in [3.8, 4) is 5.75 Å². The van der Waals surface area contributed by atoms with E-state index in [1.54, 1.807) is 6.20 Å². The van der Waals surface area contributed by atoms with Gasteiger partial charge in [0, 0.05) is 18.1 Å². The minimum atomic E-state index is -0.273. The van der Waals surface area contributed by atoms with Crippen LogP contribution in [0.3, 0.4) is 0 Å². The molecule has 1 amide bonds. The van der Waals surface area contributed by atoms with Gasteiger partial charge < -0.3 is 14.6 Å². The van der Waals surface area contributed by atoms with Crippen molar-refractivity contribution < 1.29 is 9.53 Å². The van der Waals surface area contributed by atoms with Crippen LogP contribution in [-0.4, -0.2) is 31.4 Å². The number of para-hydroxylation sites is 1. The molecule has 0 aliphatic rings. The molecule has 3 aromatic rings. The van der Waals surface area contributed by atoms with Crippen LogP contribution < -0.4 is 10.1 Å². The van der Waals surface area contributed by atoms with Crippen LogP contribution in [0, 0.1) is 5.92 Å². The largest absolute Gasteiger partial charge is 0.482 e. The standard InChI is InChI=1S/C22H29N5O2S2/c1-14(2)12-27-20(16(5)29-18-9-7-6-8-17(18)15(3)4)25-26-22(27)31-13-19(28)24-21-23-10-11-30-21/h6-11,14-16H,12-13H2,1-5H3,(H,23,24,28). The number of thioether (sulfide) groups is 1. The molecule has 0 aliphatic carbocycles. The second-order valence-electron chi connectivity index (χ2n) is 7.97. The number of ether oxygens (including phenoxy) is 1. The first-order valence-electron chi connectivity index (χ1n) is 10.4. The van der Waals surface area contributed by atoms with E-state index in [0.717, 1.165) is 23.7 Å². The molecular formula is C22H29N5O2S2. The Hall–Kier alpha value is -2.39. The highest BCUT2D eigenvalue weighted by atomic mass is 32.2. The number of hydrogen-bond acceptors (Lipinski definition) is 7. The number of aromatic nitrogens is 4. The number of carbonyl (C=O) groups is 1. The molecule has 7 nitrogen and oxygen atoms in total. The van der Waals surface area contributed by atoms with E-state index in [0.29, 0.717) is 22.1 Å². The van der Waals surface area contributed by atoms with Crippen LogP contribution in [0.1, 0.15) is 58.0 Å². The van der Waals surface area contributed by atoms with Crippen LogP contribution in [0.15, 0.2) is 41.0 Å². The van der Waals surface area contributed by atoms with E-state index < -0.39 is 0 Å². The fourth-order valence-corrected chi connectivity index (χ4v) is 4.42. The van der Waals surface area contributed by atoms with Crippen molar-refractivity contribution in [2.45, 2.75) is 58.3 Å². The highest BCUT2D eigenvalue weighted by Crippen LogP contribution is 2.31. The number of anilines is 1. The third-order valence-electron chi connectivity index (χ3n) is 4.51. The lowest BCUT2D eigenvalue weighted by molar-refractivity contribution is -0.113. The van der Waals surface area contributed by atoms with E-state index in [1.807, 2.05) is 30.5 Å². The van der Waals surface area contributed by atoms with E-state index in [4.69, 9.17) is 4.74 Å². The number of nitrogens with zero attached hydrogens (tertiary/aromatic N) is 4. The smallest absolute Gasteiger partial charge is 0.236 e. The Morgan fingerprint density at radius 1 is 1.19 bits per heavy atom. The summed E-state index contributed by atoms with van der Waals surface area (Å²) in [6, 6.07) is 8.09. The predicted molar refractivity (Wildman–Crippen MR) is 126 cm³/mol. The second kappa shape index (κ2) is 10.8. The average molecular weight is 460 g/mol. The summed E-state index contributed by atoms with van der Waals surface area (Å²) in [6.45, 7) is 11.3. The van der Waals surface area contributed by atoms with E-state index in [9.17, 15) is 4.79 Å². The molecule has 0 saturated heterocycles. The Kier molecular flexibility index (Phi) is 8.09. The van der Waals surface area contributed by atoms with Crippen molar-refractivity contribution in [3.63, 3.8) is 0 Å². The van der Waals surface area contributed by atoms with Crippen molar-refractivity contribution in [2.24, 2.45) is 5.92 Å². The molecule has 9 heteroatoms. The van der Waals surface area contributed by atoms with Crippen molar-refractivity contribution >= 4 is 34.1 Å². The average Bonchev–Trinajstić information content (AvgIpc) is 3.36. The summed E-state index contributed by atoms with van der Waals surface area (Å²) in [7, 11) is 0. The van der Waals surface area contributed by atoms with Gasteiger partial charge in [0.2, 0.25) is 5.91 Å². The Balaban J connectivity index is 1.74. The molecule has 0 bridgehead atoms. The normalized spacial score (nSPS) is 12.4. The molecule has 1 aromatic carbocycles. The van der Waals surface area contributed by atoms with Crippen LogP contribution in [0.5, 0.6) is 5.75 Å². The number of benzene rings is 1. The quantitative estimate of drug-likeness (QED) is 0.410. The van der Waals surface area contributed by atoms with Crippen LogP contribution >= 0.6 is 23.1 Å². The van der Waals surface area contributed by atoms with Gasteiger partial charge >= 0.3 is 0 Å². The summed E-state index contributed by atoms with van der Waals surface area (Å²) >= 11 is 2.76. The monoisotopic (exact) mass is 459 g/mol. The molecule has 0 aliphatic heterocycles. The Labute approximate surface area is 191 Å². The van der Waals surface area contributed by atoms with E-state index in [2.05, 4.69) is 58.8 Å². The van der Waals surface area contributed by atoms with Crippen LogP contribution in [0.2, 0.25) is 0 Å². The number of amides is 1. The summed E-state index contributed by atoms with van der Waals surface area (Å²) in [6.07, 6.45) is 1.39. The Morgan fingerprint density at radius 3 is 2.65 bits per heavy atom. The summed E-state index contributed by atoms with van der Waals surface area (Å²) in [5.74, 6) is 2.50. The Bertz CT molecular complexity index is 986. The fraction of sp³-hybridized carbons (Fsp3) is 0.455. The molecule has 0 fully saturated rings. The number of carbonyl (C=O) groups excluding carboxylic acids is 1. The zero-order valence-corrected chi connectivity index (χ0v) is 20.2. The molecule has 0 radical (unpaired) electrons. The Morgan fingerprint density at radius 2 is 1.97 bits per heavy atom. The molecular weight excluding hydrogens is 430 g/mol. The van der Waals surface area contributed by atoms with Crippen LogP contribution in [0.4, 0.5) is 5.13 Å². The van der Waals surface area contributed by atoms with Crippen molar-refractivity contribution in [2.75, 3.05) is 11.1 Å². The zero-order valence-electron chi connectivity index (χ0n) is 18.5. The topological polar surface area (TPSA) is 81.9 Å². The first-order chi connectivity index (χ1) is 14.8. The molecule has 1 atom stereocenters. The molecule has 31 heavy (non-hydrogen) atoms. The summed E-state index contributed by atoms with van der Waals surface area (Å²) in [5, 5.41) is 14.7. The number of hydrogen-bond donors (Lipinski definition) is 1. The maximum Gasteiger partial charge on any atom is 0.236 e. The van der Waals surface area contributed by atoms with Crippen molar-refractivity contribution in [1.29, 1.82) is 0 Å². The van der Waals surface area contributed by atoms with E-state index in [1.165, 1.54) is 23.1 Å².